The van der Waals surface area contributed by atoms with Gasteiger partial charge in [0.05, 0.1) is 10.7 Å². The summed E-state index contributed by atoms with van der Waals surface area (Å²) in [6.45, 7) is 8.00. The van der Waals surface area contributed by atoms with Gasteiger partial charge in [-0.3, -0.25) is 9.78 Å². The van der Waals surface area contributed by atoms with Gasteiger partial charge in [0, 0.05) is 17.6 Å². The highest BCUT2D eigenvalue weighted by Crippen LogP contribution is 2.21. The summed E-state index contributed by atoms with van der Waals surface area (Å²) in [7, 11) is 0. The van der Waals surface area contributed by atoms with Crippen molar-refractivity contribution in [1.82, 2.24) is 19.9 Å². The number of anilines is 4. The van der Waals surface area contributed by atoms with Crippen LogP contribution in [0.4, 0.5) is 23.3 Å². The molecule has 0 radical (unpaired) electrons. The molecule has 180 valence electrons. The summed E-state index contributed by atoms with van der Waals surface area (Å²) in [6.07, 6.45) is 3.07. The van der Waals surface area contributed by atoms with Gasteiger partial charge in [-0.05, 0) is 56.1 Å². The third-order valence-corrected chi connectivity index (χ3v) is 5.19. The summed E-state index contributed by atoms with van der Waals surface area (Å²) in [5.41, 5.74) is 1.60. The van der Waals surface area contributed by atoms with E-state index >= 15 is 0 Å². The molecule has 0 amide bonds. The zero-order valence-corrected chi connectivity index (χ0v) is 23.2. The average molecular weight is 611 g/mol. The molecule has 0 aliphatic heterocycles. The maximum atomic E-state index is 11.2. The third-order valence-electron chi connectivity index (χ3n) is 3.52. The van der Waals surface area contributed by atoms with Gasteiger partial charge in [0.25, 0.3) is 5.56 Å². The molecular weight excluding hydrogens is 584 g/mol. The molecule has 2 aromatic heterocycles. The minimum atomic E-state index is -0.205. The second kappa shape index (κ2) is 16.8. The van der Waals surface area contributed by atoms with Gasteiger partial charge in [0.1, 0.15) is 9.63 Å². The van der Waals surface area contributed by atoms with Gasteiger partial charge in [0.2, 0.25) is 11.9 Å². The molecule has 0 saturated heterocycles. The number of rotatable bonds is 4. The largest absolute Gasteiger partial charge is 0.326 e. The summed E-state index contributed by atoms with van der Waals surface area (Å²) in [4.78, 5) is 26.0. The van der Waals surface area contributed by atoms with Gasteiger partial charge in [-0.15, -0.1) is 0 Å². The lowest BCUT2D eigenvalue weighted by atomic mass is 10.3. The summed E-state index contributed by atoms with van der Waals surface area (Å²) >= 11 is 12.2. The Balaban J connectivity index is 0.000000297. The standard InChI is InChI=1S/C10H7BrClN3.C10H8BrN3O.2C2H6/c11-8-6-13-10(15-9(8)12)14-7-4-2-1-3-5-7;11-8-6-12-10(14-9(8)15)13-7-4-2-1-3-5-7;2*1-2/h1-6H,(H,13,14,15);1-6H,(H2,12,13,14,15);2*1-2H3. The Morgan fingerprint density at radius 1 is 0.765 bits per heavy atom. The average Bonchev–Trinajstić information content (AvgIpc) is 2.88. The molecule has 3 N–H and O–H groups in total. The van der Waals surface area contributed by atoms with Crippen LogP contribution in [-0.4, -0.2) is 19.9 Å². The number of nitrogens with zero attached hydrogens (tertiary/aromatic N) is 3. The Hall–Kier alpha value is -2.75. The maximum absolute atomic E-state index is 11.2. The maximum Gasteiger partial charge on any atom is 0.266 e. The molecule has 0 bridgehead atoms. The topological polar surface area (TPSA) is 95.6 Å². The van der Waals surface area contributed by atoms with Gasteiger partial charge in [0.15, 0.2) is 0 Å². The number of benzene rings is 2. The van der Waals surface area contributed by atoms with E-state index in [1.807, 2.05) is 88.4 Å². The van der Waals surface area contributed by atoms with E-state index in [4.69, 9.17) is 11.6 Å². The van der Waals surface area contributed by atoms with E-state index in [1.165, 1.54) is 6.20 Å². The normalized spacial score (nSPS) is 9.15. The Bertz CT molecular complexity index is 1160. The van der Waals surface area contributed by atoms with E-state index in [1.54, 1.807) is 6.20 Å². The van der Waals surface area contributed by atoms with Crippen LogP contribution in [0.3, 0.4) is 0 Å². The van der Waals surface area contributed by atoms with E-state index in [9.17, 15) is 4.79 Å². The van der Waals surface area contributed by atoms with E-state index in [-0.39, 0.29) is 5.56 Å². The van der Waals surface area contributed by atoms with Crippen molar-refractivity contribution in [2.45, 2.75) is 27.7 Å². The molecule has 2 heterocycles. The summed E-state index contributed by atoms with van der Waals surface area (Å²) in [5, 5.41) is 6.42. The Morgan fingerprint density at radius 2 is 1.26 bits per heavy atom. The third kappa shape index (κ3) is 10.5. The van der Waals surface area contributed by atoms with E-state index < -0.39 is 0 Å². The van der Waals surface area contributed by atoms with Crippen molar-refractivity contribution in [1.29, 1.82) is 0 Å². The van der Waals surface area contributed by atoms with Crippen molar-refractivity contribution in [3.8, 4) is 0 Å². The first-order valence-corrected chi connectivity index (χ1v) is 12.5. The van der Waals surface area contributed by atoms with Crippen molar-refractivity contribution in [3.05, 3.63) is 97.5 Å². The Morgan fingerprint density at radius 3 is 1.76 bits per heavy atom. The van der Waals surface area contributed by atoms with Crippen LogP contribution in [0.5, 0.6) is 0 Å². The van der Waals surface area contributed by atoms with Crippen molar-refractivity contribution in [3.63, 3.8) is 0 Å². The molecule has 0 unspecified atom stereocenters. The predicted octanol–water partition coefficient (Wildman–Crippen LogP) is 7.96. The highest BCUT2D eigenvalue weighted by molar-refractivity contribution is 9.10. The summed E-state index contributed by atoms with van der Waals surface area (Å²) in [6, 6.07) is 19.2. The lowest BCUT2D eigenvalue weighted by molar-refractivity contribution is 1.10. The number of aromatic amines is 1. The zero-order valence-electron chi connectivity index (χ0n) is 19.3. The van der Waals surface area contributed by atoms with Crippen LogP contribution in [0.2, 0.25) is 5.15 Å². The van der Waals surface area contributed by atoms with E-state index in [2.05, 4.69) is 62.4 Å². The van der Waals surface area contributed by atoms with Crippen LogP contribution in [0.1, 0.15) is 27.7 Å². The monoisotopic (exact) mass is 608 g/mol. The fraction of sp³-hybridized carbons (Fsp3) is 0.167. The molecule has 4 aromatic rings. The van der Waals surface area contributed by atoms with E-state index in [0.29, 0.717) is 26.0 Å². The molecule has 10 heteroatoms. The highest BCUT2D eigenvalue weighted by atomic mass is 79.9. The molecule has 0 aliphatic carbocycles. The predicted molar refractivity (Wildman–Crippen MR) is 149 cm³/mol. The molecule has 4 rings (SSSR count). The first-order valence-electron chi connectivity index (χ1n) is 10.6. The Labute approximate surface area is 221 Å². The molecule has 0 atom stereocenters. The molecule has 34 heavy (non-hydrogen) atoms. The SMILES string of the molecule is CC.CC.Clc1nc(Nc2ccccc2)ncc1Br.O=c1[nH]c(Nc2ccccc2)ncc1Br. The quantitative estimate of drug-likeness (QED) is 0.203. The lowest BCUT2D eigenvalue weighted by Crippen LogP contribution is -2.10. The van der Waals surface area contributed by atoms with Crippen LogP contribution in [0.25, 0.3) is 0 Å². The summed E-state index contributed by atoms with van der Waals surface area (Å²) in [5.74, 6) is 0.906. The second-order valence-corrected chi connectivity index (χ2v) is 7.79. The minimum absolute atomic E-state index is 0.205. The van der Waals surface area contributed by atoms with E-state index in [0.717, 1.165) is 11.4 Å². The van der Waals surface area contributed by atoms with Gasteiger partial charge >= 0.3 is 0 Å². The van der Waals surface area contributed by atoms with Crippen LogP contribution in [0.15, 0.2) is 86.8 Å². The first kappa shape index (κ1) is 29.3. The number of H-pyrrole nitrogens is 1. The van der Waals surface area contributed by atoms with Crippen LogP contribution in [0, 0.1) is 0 Å². The molecule has 0 aliphatic rings. The first-order chi connectivity index (χ1) is 16.5. The fourth-order valence-electron chi connectivity index (χ4n) is 2.16. The molecule has 0 saturated carbocycles. The van der Waals surface area contributed by atoms with Crippen LogP contribution < -0.4 is 16.2 Å². The van der Waals surface area contributed by atoms with Gasteiger partial charge in [-0.1, -0.05) is 75.7 Å². The van der Waals surface area contributed by atoms with Crippen LogP contribution >= 0.6 is 43.5 Å². The molecule has 7 nitrogen and oxygen atoms in total. The number of hydrogen-bond donors (Lipinski definition) is 3. The lowest BCUT2D eigenvalue weighted by Gasteiger charge is -2.04. The van der Waals surface area contributed by atoms with Gasteiger partial charge in [-0.2, -0.15) is 4.98 Å². The van der Waals surface area contributed by atoms with Gasteiger partial charge < -0.3 is 10.6 Å². The molecule has 0 fully saturated rings. The zero-order chi connectivity index (χ0) is 25.3. The Kier molecular flexibility index (Phi) is 14.5. The van der Waals surface area contributed by atoms with Crippen LogP contribution in [-0.2, 0) is 0 Å². The molecule has 2 aromatic carbocycles. The smallest absolute Gasteiger partial charge is 0.266 e. The number of nitrogens with one attached hydrogen (secondary N) is 3. The number of aromatic nitrogens is 4. The second-order valence-electron chi connectivity index (χ2n) is 5.72. The van der Waals surface area contributed by atoms with Crippen molar-refractivity contribution < 1.29 is 0 Å². The number of hydrogen-bond acceptors (Lipinski definition) is 6. The highest BCUT2D eigenvalue weighted by Gasteiger charge is 2.02. The van der Waals surface area contributed by atoms with Crippen molar-refractivity contribution in [2.75, 3.05) is 10.6 Å². The van der Waals surface area contributed by atoms with Crippen molar-refractivity contribution >= 4 is 66.7 Å². The number of para-hydroxylation sites is 2. The van der Waals surface area contributed by atoms with Gasteiger partial charge in [-0.25, -0.2) is 9.97 Å². The molecule has 0 spiro atoms. The van der Waals surface area contributed by atoms with Crippen molar-refractivity contribution in [2.24, 2.45) is 0 Å². The fourth-order valence-corrected chi connectivity index (χ4v) is 2.68. The molecular formula is C24H27Br2ClN6O. The number of halogens is 3. The minimum Gasteiger partial charge on any atom is -0.326 e. The summed E-state index contributed by atoms with van der Waals surface area (Å²) < 4.78 is 1.10.